The second-order valence-corrected chi connectivity index (χ2v) is 7.47. The Morgan fingerprint density at radius 2 is 1.96 bits per heavy atom. The van der Waals surface area contributed by atoms with Crippen LogP contribution in [0.3, 0.4) is 0 Å². The van der Waals surface area contributed by atoms with Gasteiger partial charge in [-0.1, -0.05) is 0 Å². The molecule has 1 aliphatic rings. The molecule has 1 saturated heterocycles. The highest BCUT2D eigenvalue weighted by Crippen LogP contribution is 2.28. The van der Waals surface area contributed by atoms with Gasteiger partial charge in [0.1, 0.15) is 23.3 Å². The Hall–Kier alpha value is -2.12. The van der Waals surface area contributed by atoms with Gasteiger partial charge >= 0.3 is 0 Å². The fraction of sp³-hybridized carbons (Fsp3) is 0.412. The quantitative estimate of drug-likeness (QED) is 0.788. The highest BCUT2D eigenvalue weighted by molar-refractivity contribution is 7.18. The molecule has 24 heavy (non-hydrogen) atoms. The number of nitrogens with one attached hydrogen (secondary N) is 1. The minimum Gasteiger partial charge on any atom is -0.367 e. The van der Waals surface area contributed by atoms with Crippen LogP contribution in [0.2, 0.25) is 0 Å². The van der Waals surface area contributed by atoms with Crippen LogP contribution < -0.4 is 5.32 Å². The average molecular weight is 340 g/mol. The molecular formula is C17H20N6S. The summed E-state index contributed by atoms with van der Waals surface area (Å²) in [6, 6.07) is 2.64. The summed E-state index contributed by atoms with van der Waals surface area (Å²) >= 11 is 1.72. The first-order valence-electron chi connectivity index (χ1n) is 8.22. The topological polar surface area (TPSA) is 66.8 Å². The van der Waals surface area contributed by atoms with Crippen molar-refractivity contribution in [2.24, 2.45) is 0 Å². The largest absolute Gasteiger partial charge is 0.367 e. The van der Waals surface area contributed by atoms with Crippen LogP contribution in [-0.2, 0) is 6.54 Å². The van der Waals surface area contributed by atoms with E-state index in [-0.39, 0.29) is 0 Å². The number of piperidine rings is 1. The van der Waals surface area contributed by atoms with Crippen LogP contribution in [0.5, 0.6) is 0 Å². The fourth-order valence-corrected chi connectivity index (χ4v) is 4.04. The lowest BCUT2D eigenvalue weighted by Crippen LogP contribution is -2.38. The standard InChI is InChI=1S/C17H20N6S/c1-12-6-15-16(20-11-21-17(15)24-12)22-14-2-4-23(5-3-14)9-13-7-18-10-19-8-13/h6-8,10-11,14H,2-5,9H2,1H3,(H,20,21,22). The van der Waals surface area contributed by atoms with Crippen molar-refractivity contribution in [2.45, 2.75) is 32.4 Å². The monoisotopic (exact) mass is 340 g/mol. The van der Waals surface area contributed by atoms with Crippen LogP contribution in [0.15, 0.2) is 31.1 Å². The molecular weight excluding hydrogens is 320 g/mol. The van der Waals surface area contributed by atoms with E-state index in [0.717, 1.165) is 48.5 Å². The number of fused-ring (bicyclic) bond motifs is 1. The van der Waals surface area contributed by atoms with Gasteiger partial charge in [0, 0.05) is 48.5 Å². The molecule has 0 atom stereocenters. The van der Waals surface area contributed by atoms with Crippen molar-refractivity contribution in [3.63, 3.8) is 0 Å². The van der Waals surface area contributed by atoms with E-state index < -0.39 is 0 Å². The van der Waals surface area contributed by atoms with Gasteiger partial charge in [-0.15, -0.1) is 11.3 Å². The molecule has 0 amide bonds. The molecule has 4 rings (SSSR count). The van der Waals surface area contributed by atoms with E-state index >= 15 is 0 Å². The number of likely N-dealkylation sites (tertiary alicyclic amines) is 1. The molecule has 6 nitrogen and oxygen atoms in total. The summed E-state index contributed by atoms with van der Waals surface area (Å²) < 4.78 is 0. The third kappa shape index (κ3) is 3.37. The summed E-state index contributed by atoms with van der Waals surface area (Å²) in [4.78, 5) is 21.8. The normalized spacial score (nSPS) is 16.5. The molecule has 1 aliphatic heterocycles. The van der Waals surface area contributed by atoms with Gasteiger partial charge in [-0.2, -0.15) is 0 Å². The second-order valence-electron chi connectivity index (χ2n) is 6.24. The van der Waals surface area contributed by atoms with Crippen LogP contribution in [-0.4, -0.2) is 44.0 Å². The summed E-state index contributed by atoms with van der Waals surface area (Å²) in [5.41, 5.74) is 1.18. The highest BCUT2D eigenvalue weighted by atomic mass is 32.1. The van der Waals surface area contributed by atoms with Gasteiger partial charge in [-0.25, -0.2) is 19.9 Å². The van der Waals surface area contributed by atoms with Crippen molar-refractivity contribution in [1.82, 2.24) is 24.8 Å². The van der Waals surface area contributed by atoms with Crippen molar-refractivity contribution < 1.29 is 0 Å². The van der Waals surface area contributed by atoms with Gasteiger partial charge < -0.3 is 5.32 Å². The Kier molecular flexibility index (Phi) is 4.36. The Balaban J connectivity index is 1.37. The van der Waals surface area contributed by atoms with E-state index in [4.69, 9.17) is 0 Å². The number of rotatable bonds is 4. The predicted molar refractivity (Wildman–Crippen MR) is 96.1 cm³/mol. The molecule has 0 saturated carbocycles. The molecule has 0 radical (unpaired) electrons. The summed E-state index contributed by atoms with van der Waals surface area (Å²) in [6.45, 7) is 5.18. The first-order chi connectivity index (χ1) is 11.8. The van der Waals surface area contributed by atoms with E-state index in [9.17, 15) is 0 Å². The number of nitrogens with zero attached hydrogens (tertiary/aromatic N) is 5. The van der Waals surface area contributed by atoms with E-state index in [0.29, 0.717) is 6.04 Å². The molecule has 1 fully saturated rings. The highest BCUT2D eigenvalue weighted by Gasteiger charge is 2.20. The molecule has 4 heterocycles. The summed E-state index contributed by atoms with van der Waals surface area (Å²) in [5, 5.41) is 4.77. The minimum absolute atomic E-state index is 0.464. The average Bonchev–Trinajstić information content (AvgIpc) is 2.99. The molecule has 7 heteroatoms. The number of aryl methyl sites for hydroxylation is 1. The SMILES string of the molecule is Cc1cc2c(NC3CCN(Cc4cncnc4)CC3)ncnc2s1. The number of thiophene rings is 1. The van der Waals surface area contributed by atoms with E-state index in [2.05, 4.69) is 43.1 Å². The van der Waals surface area contributed by atoms with Crippen LogP contribution in [0, 0.1) is 6.92 Å². The second kappa shape index (κ2) is 6.78. The number of anilines is 1. The molecule has 0 aliphatic carbocycles. The van der Waals surface area contributed by atoms with Gasteiger partial charge in [-0.05, 0) is 25.8 Å². The first-order valence-corrected chi connectivity index (χ1v) is 9.03. The first kappa shape index (κ1) is 15.4. The third-order valence-corrected chi connectivity index (χ3v) is 5.36. The van der Waals surface area contributed by atoms with Crippen LogP contribution in [0.1, 0.15) is 23.3 Å². The minimum atomic E-state index is 0.464. The summed E-state index contributed by atoms with van der Waals surface area (Å²) in [6.07, 6.45) is 9.26. The van der Waals surface area contributed by atoms with Crippen LogP contribution in [0.25, 0.3) is 10.2 Å². The molecule has 3 aromatic rings. The Bertz CT molecular complexity index is 810. The molecule has 124 valence electrons. The lowest BCUT2D eigenvalue weighted by Gasteiger charge is -2.32. The number of hydrogen-bond donors (Lipinski definition) is 1. The zero-order valence-corrected chi connectivity index (χ0v) is 14.5. The lowest BCUT2D eigenvalue weighted by molar-refractivity contribution is 0.211. The van der Waals surface area contributed by atoms with Crippen molar-refractivity contribution >= 4 is 27.4 Å². The molecule has 1 N–H and O–H groups in total. The molecule has 0 aromatic carbocycles. The van der Waals surface area contributed by atoms with E-state index in [1.54, 1.807) is 24.0 Å². The number of aromatic nitrogens is 4. The fourth-order valence-electron chi connectivity index (χ4n) is 3.19. The van der Waals surface area contributed by atoms with Gasteiger partial charge in [0.2, 0.25) is 0 Å². The third-order valence-electron chi connectivity index (χ3n) is 4.40. The zero-order valence-electron chi connectivity index (χ0n) is 13.6. The van der Waals surface area contributed by atoms with E-state index in [1.165, 1.54) is 10.4 Å². The van der Waals surface area contributed by atoms with E-state index in [1.807, 2.05) is 12.4 Å². The smallest absolute Gasteiger partial charge is 0.138 e. The molecule has 0 bridgehead atoms. The molecule has 0 unspecified atom stereocenters. The van der Waals surface area contributed by atoms with Crippen molar-refractivity contribution in [1.29, 1.82) is 0 Å². The Morgan fingerprint density at radius 3 is 2.75 bits per heavy atom. The predicted octanol–water partition coefficient (Wildman–Crippen LogP) is 2.87. The van der Waals surface area contributed by atoms with Gasteiger partial charge in [-0.3, -0.25) is 4.90 Å². The molecule has 0 spiro atoms. The summed E-state index contributed by atoms with van der Waals surface area (Å²) in [5.74, 6) is 0.972. The maximum atomic E-state index is 4.46. The maximum absolute atomic E-state index is 4.46. The van der Waals surface area contributed by atoms with Crippen molar-refractivity contribution in [3.8, 4) is 0 Å². The maximum Gasteiger partial charge on any atom is 0.138 e. The van der Waals surface area contributed by atoms with Gasteiger partial charge in [0.15, 0.2) is 0 Å². The van der Waals surface area contributed by atoms with Crippen molar-refractivity contribution in [2.75, 3.05) is 18.4 Å². The Morgan fingerprint density at radius 1 is 1.17 bits per heavy atom. The summed E-state index contributed by atoms with van der Waals surface area (Å²) in [7, 11) is 0. The van der Waals surface area contributed by atoms with Gasteiger partial charge in [0.05, 0.1) is 5.39 Å². The molecule has 3 aromatic heterocycles. The lowest BCUT2D eigenvalue weighted by atomic mass is 10.0. The zero-order chi connectivity index (χ0) is 16.4. The van der Waals surface area contributed by atoms with Crippen LogP contribution >= 0.6 is 11.3 Å². The number of hydrogen-bond acceptors (Lipinski definition) is 7. The van der Waals surface area contributed by atoms with Crippen LogP contribution in [0.4, 0.5) is 5.82 Å². The van der Waals surface area contributed by atoms with Crippen molar-refractivity contribution in [3.05, 3.63) is 41.6 Å². The van der Waals surface area contributed by atoms with Gasteiger partial charge in [0.25, 0.3) is 0 Å². The Labute approximate surface area is 145 Å².